The molecule has 0 radical (unpaired) electrons. The highest BCUT2D eigenvalue weighted by molar-refractivity contribution is 7.20. The first-order valence-corrected chi connectivity index (χ1v) is 21.7. The molecular weight excluding hydrogens is 705 g/mol. The summed E-state index contributed by atoms with van der Waals surface area (Å²) in [7, 11) is -2.92. The lowest BCUT2D eigenvalue weighted by Crippen LogP contribution is -2.74. The quantitative estimate of drug-likeness (QED) is 0.114. The van der Waals surface area contributed by atoms with Crippen LogP contribution in [0.2, 0.25) is 0 Å². The van der Waals surface area contributed by atoms with Gasteiger partial charge in [0.25, 0.3) is 0 Å². The molecule has 268 valence electrons. The van der Waals surface area contributed by atoms with Crippen molar-refractivity contribution in [3.05, 3.63) is 231 Å². The first-order valence-electron chi connectivity index (χ1n) is 19.7. The van der Waals surface area contributed by atoms with E-state index < -0.39 is 8.07 Å². The summed E-state index contributed by atoms with van der Waals surface area (Å²) >= 11 is 0. The highest BCUT2D eigenvalue weighted by atomic mass is 28.3. The lowest BCUT2D eigenvalue weighted by atomic mass is 10.1. The van der Waals surface area contributed by atoms with Gasteiger partial charge in [-0.25, -0.2) is 0 Å². The van der Waals surface area contributed by atoms with Gasteiger partial charge in [-0.1, -0.05) is 188 Å². The minimum absolute atomic E-state index is 1.15. The van der Waals surface area contributed by atoms with Crippen LogP contribution in [0.3, 0.4) is 0 Å². The van der Waals surface area contributed by atoms with Gasteiger partial charge in [-0.05, 0) is 74.3 Å². The second kappa shape index (κ2) is 13.5. The number of rotatable bonds is 7. The van der Waals surface area contributed by atoms with Crippen molar-refractivity contribution < 1.29 is 0 Å². The van der Waals surface area contributed by atoms with E-state index in [1.165, 1.54) is 75.5 Å². The van der Waals surface area contributed by atoms with E-state index in [0.29, 0.717) is 0 Å². The van der Waals surface area contributed by atoms with Gasteiger partial charge in [-0.15, -0.1) is 0 Å². The van der Waals surface area contributed by atoms with Crippen molar-refractivity contribution in [1.29, 1.82) is 0 Å². The predicted octanol–water partition coefficient (Wildman–Crippen LogP) is 10.9. The van der Waals surface area contributed by atoms with Crippen LogP contribution in [0, 0.1) is 0 Å². The first kappa shape index (κ1) is 33.2. The summed E-state index contributed by atoms with van der Waals surface area (Å²) in [5, 5.41) is 10.4. The second-order valence-corrected chi connectivity index (χ2v) is 18.7. The average Bonchev–Trinajstić information content (AvgIpc) is 3.81. The molecule has 0 spiro atoms. The van der Waals surface area contributed by atoms with E-state index in [2.05, 4.69) is 240 Å². The Kier molecular flexibility index (Phi) is 7.87. The van der Waals surface area contributed by atoms with E-state index >= 15 is 0 Å². The van der Waals surface area contributed by atoms with E-state index in [1.54, 1.807) is 0 Å². The third-order valence-corrected chi connectivity index (χ3v) is 16.6. The molecule has 0 fully saturated rings. The van der Waals surface area contributed by atoms with Gasteiger partial charge in [-0.3, -0.25) is 0 Å². The van der Waals surface area contributed by atoms with E-state index in [-0.39, 0.29) is 0 Å². The van der Waals surface area contributed by atoms with Gasteiger partial charge >= 0.3 is 0 Å². The minimum atomic E-state index is -2.92. The summed E-state index contributed by atoms with van der Waals surface area (Å²) < 4.78 is 4.97. The fourth-order valence-corrected chi connectivity index (χ4v) is 14.2. The van der Waals surface area contributed by atoms with Crippen LogP contribution in [0.1, 0.15) is 0 Å². The number of aromatic nitrogens is 2. The summed E-state index contributed by atoms with van der Waals surface area (Å²) in [6.07, 6.45) is 0. The van der Waals surface area contributed by atoms with Crippen LogP contribution >= 0.6 is 0 Å². The van der Waals surface area contributed by atoms with E-state index in [4.69, 9.17) is 0 Å². The summed E-state index contributed by atoms with van der Waals surface area (Å²) in [6, 6.07) is 85.3. The number of fused-ring (bicyclic) bond motifs is 7. The smallest absolute Gasteiger partial charge is 0.179 e. The van der Waals surface area contributed by atoms with Crippen LogP contribution in [-0.2, 0) is 0 Å². The number of hydrogen-bond acceptors (Lipinski definition) is 0. The monoisotopic (exact) mass is 742 g/mol. The molecular formula is C54H38N2Si. The normalized spacial score (nSPS) is 11.9. The highest BCUT2D eigenvalue weighted by Gasteiger charge is 2.42. The molecule has 0 aliphatic carbocycles. The van der Waals surface area contributed by atoms with Gasteiger partial charge in [0.05, 0.1) is 22.1 Å². The summed E-state index contributed by atoms with van der Waals surface area (Å²) in [5.74, 6) is 0. The third kappa shape index (κ3) is 5.17. The maximum atomic E-state index is 2.53. The van der Waals surface area contributed by atoms with Gasteiger partial charge < -0.3 is 9.13 Å². The summed E-state index contributed by atoms with van der Waals surface area (Å²) in [5.41, 5.74) is 9.60. The van der Waals surface area contributed by atoms with E-state index in [1.807, 2.05) is 0 Å². The van der Waals surface area contributed by atoms with Crippen LogP contribution < -0.4 is 20.7 Å². The molecule has 2 heterocycles. The van der Waals surface area contributed by atoms with Crippen LogP contribution in [0.25, 0.3) is 66.1 Å². The predicted molar refractivity (Wildman–Crippen MR) is 244 cm³/mol. The number of nitrogens with zero attached hydrogens (tertiary/aromatic N) is 2. The van der Waals surface area contributed by atoms with Crippen molar-refractivity contribution in [2.24, 2.45) is 0 Å². The Hall–Kier alpha value is -7.20. The minimum Gasteiger partial charge on any atom is -0.309 e. The molecule has 3 heteroatoms. The molecule has 0 saturated carbocycles. The Balaban J connectivity index is 1.30. The van der Waals surface area contributed by atoms with Crippen molar-refractivity contribution in [2.75, 3.05) is 0 Å². The van der Waals surface area contributed by atoms with Gasteiger partial charge in [0, 0.05) is 32.9 Å². The molecule has 0 atom stereocenters. The fourth-order valence-electron chi connectivity index (χ4n) is 9.43. The summed E-state index contributed by atoms with van der Waals surface area (Å²) in [6.45, 7) is 0. The molecule has 57 heavy (non-hydrogen) atoms. The molecule has 0 saturated heterocycles. The molecule has 0 aliphatic heterocycles. The van der Waals surface area contributed by atoms with Crippen molar-refractivity contribution in [3.8, 4) is 22.5 Å². The summed E-state index contributed by atoms with van der Waals surface area (Å²) in [4.78, 5) is 0. The van der Waals surface area contributed by atoms with Crippen molar-refractivity contribution in [1.82, 2.24) is 9.13 Å². The van der Waals surface area contributed by atoms with Crippen molar-refractivity contribution in [3.63, 3.8) is 0 Å². The Labute approximate surface area is 333 Å². The molecule has 9 aromatic carbocycles. The zero-order valence-electron chi connectivity index (χ0n) is 31.3. The molecule has 11 rings (SSSR count). The van der Waals surface area contributed by atoms with Gasteiger partial charge in [0.1, 0.15) is 0 Å². The second-order valence-electron chi connectivity index (χ2n) is 14.9. The highest BCUT2D eigenvalue weighted by Crippen LogP contribution is 2.42. The molecule has 0 N–H and O–H groups in total. The van der Waals surface area contributed by atoms with Crippen LogP contribution in [0.5, 0.6) is 0 Å². The maximum Gasteiger partial charge on any atom is 0.179 e. The van der Waals surface area contributed by atoms with Crippen LogP contribution in [0.15, 0.2) is 231 Å². The third-order valence-electron chi connectivity index (χ3n) is 11.8. The molecule has 0 unspecified atom stereocenters. The van der Waals surface area contributed by atoms with Gasteiger partial charge in [0.15, 0.2) is 8.07 Å². The Morgan fingerprint density at radius 2 is 0.789 bits per heavy atom. The number of benzene rings is 9. The number of hydrogen-bond donors (Lipinski definition) is 0. The Morgan fingerprint density at radius 1 is 0.281 bits per heavy atom. The zero-order valence-corrected chi connectivity index (χ0v) is 32.3. The van der Waals surface area contributed by atoms with Crippen LogP contribution in [0.4, 0.5) is 0 Å². The van der Waals surface area contributed by atoms with Crippen molar-refractivity contribution in [2.45, 2.75) is 0 Å². The molecule has 2 nitrogen and oxygen atoms in total. The van der Waals surface area contributed by atoms with Gasteiger partial charge in [-0.2, -0.15) is 0 Å². The van der Waals surface area contributed by atoms with Crippen molar-refractivity contribution >= 4 is 72.4 Å². The SMILES string of the molecule is c1ccc(-c2cccc([Si](c3ccccc3)(c3ccccc3)c3ccc4c5c(ccc6c7ccccc7n(-c7ccccc7)c65)n(-c5ccccc5)c4c3)c2)cc1. The topological polar surface area (TPSA) is 9.86 Å². The average molecular weight is 743 g/mol. The fraction of sp³-hybridized carbons (Fsp3) is 0. The van der Waals surface area contributed by atoms with Gasteiger partial charge in [0.2, 0.25) is 0 Å². The maximum absolute atomic E-state index is 2.92. The Bertz CT molecular complexity index is 3160. The molecule has 11 aromatic rings. The standard InChI is InChI=1S/C54H38N2Si/c1-6-19-39(20-7-1)40-21-18-30-45(37-40)57(43-26-12-4-13-27-43,44-28-14-5-15-29-44)46-33-34-49-52(38-46)55(41-22-8-2-9-23-41)51-36-35-48-47-31-16-17-32-50(47)56(54(48)53(49)51)42-24-10-3-11-25-42/h1-38H. The number of para-hydroxylation sites is 3. The lowest BCUT2D eigenvalue weighted by Gasteiger charge is -2.35. The first-order chi connectivity index (χ1) is 28.3. The molecule has 2 aromatic heterocycles. The van der Waals surface area contributed by atoms with E-state index in [9.17, 15) is 0 Å². The molecule has 0 amide bonds. The largest absolute Gasteiger partial charge is 0.309 e. The van der Waals surface area contributed by atoms with Crippen LogP contribution in [-0.4, -0.2) is 17.2 Å². The molecule has 0 aliphatic rings. The zero-order chi connectivity index (χ0) is 37.8. The Morgan fingerprint density at radius 3 is 1.46 bits per heavy atom. The molecule has 0 bridgehead atoms. The van der Waals surface area contributed by atoms with E-state index in [0.717, 1.165) is 11.4 Å². The lowest BCUT2D eigenvalue weighted by molar-refractivity contribution is 1.17.